The molecular weight excluding hydrogens is 297 g/mol. The van der Waals surface area contributed by atoms with Crippen LogP contribution in [0.15, 0.2) is 0 Å². The molecule has 59 valence electrons. The van der Waals surface area contributed by atoms with Gasteiger partial charge < -0.3 is 4.90 Å². The molecule has 0 atom stereocenters. The van der Waals surface area contributed by atoms with E-state index in [-0.39, 0.29) is 5.91 Å². The predicted molar refractivity (Wildman–Crippen MR) is 42.2 cm³/mol. The number of hydrogen-bond donors (Lipinski definition) is 0. The molecule has 0 aromatic heterocycles. The van der Waals surface area contributed by atoms with Crippen LogP contribution in [0, 0.1) is 0 Å². The Balaban J connectivity index is 0. The third-order valence-corrected chi connectivity index (χ3v) is 0.630. The number of nitrogens with zero attached hydrogens (tertiary/aromatic N) is 1. The first-order valence-corrected chi connectivity index (χ1v) is 7.22. The van der Waals surface area contributed by atoms with Gasteiger partial charge in [-0.2, -0.15) is 0 Å². The van der Waals surface area contributed by atoms with E-state index >= 15 is 0 Å². The summed E-state index contributed by atoms with van der Waals surface area (Å²) in [7, 11) is 3.45. The van der Waals surface area contributed by atoms with Crippen molar-refractivity contribution in [3.8, 4) is 0 Å². The Bertz CT molecular complexity index is 79.0. The summed E-state index contributed by atoms with van der Waals surface area (Å²) in [5, 5.41) is 0. The minimum absolute atomic E-state index is 0.0926. The van der Waals surface area contributed by atoms with Crippen LogP contribution in [0.2, 0.25) is 0 Å². The third kappa shape index (κ3) is 17.6. The SMILES string of the molecule is CC(=O)N(C)C.[Br][Co][Br]. The van der Waals surface area contributed by atoms with Gasteiger partial charge >= 0.3 is 39.5 Å². The molecule has 0 heterocycles. The van der Waals surface area contributed by atoms with Crippen LogP contribution in [0.4, 0.5) is 0 Å². The molecule has 0 aromatic rings. The summed E-state index contributed by atoms with van der Waals surface area (Å²) in [6.07, 6.45) is 0. The van der Waals surface area contributed by atoms with Gasteiger partial charge in [0.25, 0.3) is 0 Å². The summed E-state index contributed by atoms with van der Waals surface area (Å²) in [5.41, 5.74) is 0. The van der Waals surface area contributed by atoms with E-state index in [4.69, 9.17) is 0 Å². The van der Waals surface area contributed by atoms with Crippen LogP contribution >= 0.6 is 28.3 Å². The first-order valence-electron chi connectivity index (χ1n) is 2.07. The predicted octanol–water partition coefficient (Wildman–Crippen LogP) is 1.78. The third-order valence-electron chi connectivity index (χ3n) is 0.630. The van der Waals surface area contributed by atoms with Crippen LogP contribution < -0.4 is 0 Å². The van der Waals surface area contributed by atoms with Gasteiger partial charge in [-0.25, -0.2) is 0 Å². The zero-order chi connectivity index (χ0) is 7.86. The van der Waals surface area contributed by atoms with Crippen molar-refractivity contribution in [3.05, 3.63) is 0 Å². The average molecular weight is 306 g/mol. The first kappa shape index (κ1) is 12.6. The Morgan fingerprint density at radius 1 is 1.44 bits per heavy atom. The van der Waals surface area contributed by atoms with Crippen LogP contribution in [0.5, 0.6) is 0 Å². The average Bonchev–Trinajstić information content (AvgIpc) is 1.68. The Morgan fingerprint density at radius 2 is 1.56 bits per heavy atom. The zero-order valence-electron chi connectivity index (χ0n) is 5.44. The maximum atomic E-state index is 10.1. The molecule has 0 aromatic carbocycles. The van der Waals surface area contributed by atoms with Crippen molar-refractivity contribution in [2.24, 2.45) is 0 Å². The molecule has 2 nitrogen and oxygen atoms in total. The summed E-state index contributed by atoms with van der Waals surface area (Å²) >= 11 is 7.12. The second-order valence-corrected chi connectivity index (χ2v) is 6.71. The van der Waals surface area contributed by atoms with Gasteiger partial charge in [0.15, 0.2) is 0 Å². The molecule has 0 bridgehead atoms. The molecule has 5 heteroatoms. The number of halogens is 2. The van der Waals surface area contributed by atoms with Crippen molar-refractivity contribution in [3.63, 3.8) is 0 Å². The molecule has 0 saturated heterocycles. The van der Waals surface area contributed by atoms with Crippen LogP contribution in [0.1, 0.15) is 6.92 Å². The number of carbonyl (C=O) groups is 1. The summed E-state index contributed by atoms with van der Waals surface area (Å²) in [6.45, 7) is 1.53. The number of carbonyl (C=O) groups excluding carboxylic acids is 1. The fraction of sp³-hybridized carbons (Fsp3) is 0.750. The Labute approximate surface area is 75.8 Å². The maximum absolute atomic E-state index is 10.1. The number of rotatable bonds is 0. The molecule has 0 unspecified atom stereocenters. The van der Waals surface area contributed by atoms with E-state index in [1.54, 1.807) is 14.1 Å². The normalized spacial score (nSPS) is 7.67. The second kappa shape index (κ2) is 8.94. The second-order valence-electron chi connectivity index (χ2n) is 1.46. The standard InChI is InChI=1S/C4H9NO.2BrH.Co/c1-4(6)5(2)3;;;/h1-3H3;2*1H;/q;;;+2/p-2. The topological polar surface area (TPSA) is 20.3 Å². The van der Waals surface area contributed by atoms with Gasteiger partial charge in [0.05, 0.1) is 0 Å². The van der Waals surface area contributed by atoms with Crippen molar-refractivity contribution >= 4 is 34.2 Å². The molecular formula is C4H9Br2CoNO. The number of amides is 1. The van der Waals surface area contributed by atoms with E-state index in [9.17, 15) is 4.79 Å². The molecule has 0 radical (unpaired) electrons. The fourth-order valence-electron chi connectivity index (χ4n) is 0. The molecule has 1 amide bonds. The van der Waals surface area contributed by atoms with Gasteiger partial charge in [-0.3, -0.25) is 4.79 Å². The van der Waals surface area contributed by atoms with Gasteiger partial charge in [0.2, 0.25) is 5.91 Å². The van der Waals surface area contributed by atoms with E-state index in [2.05, 4.69) is 28.3 Å². The van der Waals surface area contributed by atoms with Crippen molar-refractivity contribution in [2.45, 2.75) is 6.92 Å². The van der Waals surface area contributed by atoms with Crippen molar-refractivity contribution < 1.29 is 15.9 Å². The van der Waals surface area contributed by atoms with E-state index in [0.717, 1.165) is 11.1 Å². The molecule has 0 N–H and O–H groups in total. The van der Waals surface area contributed by atoms with E-state index in [0.29, 0.717) is 0 Å². The minimum atomic E-state index is 0.0926. The number of hydrogen-bond acceptors (Lipinski definition) is 1. The summed E-state index contributed by atoms with van der Waals surface area (Å²) in [6, 6.07) is 0. The summed E-state index contributed by atoms with van der Waals surface area (Å²) in [5.74, 6) is 0.0926. The summed E-state index contributed by atoms with van der Waals surface area (Å²) < 4.78 is 0. The van der Waals surface area contributed by atoms with Crippen molar-refractivity contribution in [2.75, 3.05) is 14.1 Å². The van der Waals surface area contributed by atoms with Crippen LogP contribution in [0.25, 0.3) is 0 Å². The fourth-order valence-corrected chi connectivity index (χ4v) is 0. The molecule has 0 aliphatic carbocycles. The molecule has 0 fully saturated rings. The van der Waals surface area contributed by atoms with Gasteiger partial charge in [-0.1, -0.05) is 0 Å². The van der Waals surface area contributed by atoms with Gasteiger partial charge in [0, 0.05) is 21.0 Å². The molecule has 0 saturated carbocycles. The molecule has 0 rings (SSSR count). The Hall–Kier alpha value is 0.936. The Morgan fingerprint density at radius 3 is 1.56 bits per heavy atom. The Kier molecular flexibility index (Phi) is 12.5. The molecule has 0 aliphatic heterocycles. The zero-order valence-corrected chi connectivity index (χ0v) is 9.66. The molecule has 9 heavy (non-hydrogen) atoms. The van der Waals surface area contributed by atoms with Crippen LogP contribution in [-0.4, -0.2) is 24.9 Å². The van der Waals surface area contributed by atoms with Crippen LogP contribution in [0.3, 0.4) is 0 Å². The van der Waals surface area contributed by atoms with Crippen molar-refractivity contribution in [1.29, 1.82) is 0 Å². The van der Waals surface area contributed by atoms with Crippen LogP contribution in [-0.2, 0) is 15.9 Å². The summed E-state index contributed by atoms with van der Waals surface area (Å²) in [4.78, 5) is 11.6. The first-order chi connectivity index (χ1) is 4.06. The van der Waals surface area contributed by atoms with Crippen molar-refractivity contribution in [1.82, 2.24) is 4.90 Å². The van der Waals surface area contributed by atoms with E-state index < -0.39 is 0 Å². The van der Waals surface area contributed by atoms with Gasteiger partial charge in [-0.05, 0) is 0 Å². The molecule has 0 spiro atoms. The monoisotopic (exact) mass is 304 g/mol. The quantitative estimate of drug-likeness (QED) is 0.668. The van der Waals surface area contributed by atoms with E-state index in [1.807, 2.05) is 0 Å². The van der Waals surface area contributed by atoms with E-state index in [1.165, 1.54) is 11.8 Å². The van der Waals surface area contributed by atoms with Gasteiger partial charge in [-0.15, -0.1) is 0 Å². The van der Waals surface area contributed by atoms with Gasteiger partial charge in [0.1, 0.15) is 0 Å². The molecule has 0 aliphatic rings.